The second-order valence-electron chi connectivity index (χ2n) is 16.9. The molecule has 0 aliphatic carbocycles. The lowest BCUT2D eigenvalue weighted by Crippen LogP contribution is -2.51. The third kappa shape index (κ3) is 8.86. The Morgan fingerprint density at radius 3 is 2.49 bits per heavy atom. The molecule has 4 amide bonds. The van der Waals surface area contributed by atoms with Crippen LogP contribution in [0.25, 0.3) is 16.7 Å². The van der Waals surface area contributed by atoms with Gasteiger partial charge >= 0.3 is 6.03 Å². The van der Waals surface area contributed by atoms with Gasteiger partial charge < -0.3 is 41.4 Å². The maximum Gasteiger partial charge on any atom is 0.328 e. The van der Waals surface area contributed by atoms with Crippen LogP contribution in [-0.2, 0) is 9.53 Å². The van der Waals surface area contributed by atoms with E-state index in [0.29, 0.717) is 74.0 Å². The number of alkyl halides is 1. The number of aryl methyl sites for hydroxylation is 1. The van der Waals surface area contributed by atoms with Gasteiger partial charge in [-0.05, 0) is 80.8 Å². The number of nitrogens with one attached hydrogen (secondary N) is 1. The number of aromatic nitrogens is 2. The number of nitrogens with zero attached hydrogens (tertiary/aromatic N) is 6. The molecule has 0 radical (unpaired) electrons. The van der Waals surface area contributed by atoms with Gasteiger partial charge in [0.1, 0.15) is 29.0 Å². The molecule has 3 atom stereocenters. The number of carbonyl (C=O) groups is 3. The van der Waals surface area contributed by atoms with E-state index < -0.39 is 11.7 Å². The number of piperidine rings is 2. The fourth-order valence-electron chi connectivity index (χ4n) is 9.24. The van der Waals surface area contributed by atoms with Crippen LogP contribution < -0.4 is 27.4 Å². The number of ether oxygens (including phenoxy) is 1. The first-order chi connectivity index (χ1) is 29.2. The number of anilines is 1. The van der Waals surface area contributed by atoms with Crippen LogP contribution in [0.5, 0.6) is 5.75 Å². The zero-order chi connectivity index (χ0) is 43.0. The predicted molar refractivity (Wildman–Crippen MR) is 231 cm³/mol. The Balaban J connectivity index is 0.865. The van der Waals surface area contributed by atoms with Crippen LogP contribution in [0.2, 0.25) is 0 Å². The topological polar surface area (TPSA) is 202 Å². The van der Waals surface area contributed by atoms with E-state index in [2.05, 4.69) is 21.0 Å². The van der Waals surface area contributed by atoms with Crippen LogP contribution in [0.15, 0.2) is 84.6 Å². The summed E-state index contributed by atoms with van der Waals surface area (Å²) in [6.07, 6.45) is 7.55. The molecule has 3 unspecified atom stereocenters. The number of benzene rings is 2. The third-order valence-electron chi connectivity index (χ3n) is 12.5. The highest BCUT2D eigenvalue weighted by Gasteiger charge is 2.39. The number of amides is 4. The molecule has 4 saturated heterocycles. The maximum absolute atomic E-state index is 16.5. The van der Waals surface area contributed by atoms with Crippen LogP contribution in [0, 0.1) is 6.92 Å². The molecule has 0 saturated carbocycles. The summed E-state index contributed by atoms with van der Waals surface area (Å²) in [4.78, 5) is 50.1. The van der Waals surface area contributed by atoms with Gasteiger partial charge in [-0.25, -0.2) is 14.2 Å². The molecular weight excluding hydrogens is 780 g/mol. The SMILES string of the molecule is Cc1cn(C2CCCN(CC3(F)CCN(C(=O)c4ccc(C5CN(C(/C=C(\N)c6ccccc6O)=C(N)N)CC(C)O5)cc4)CC3)C2)c2ncc(N3CCC(=O)NC3=O)cc12. The zero-order valence-electron chi connectivity index (χ0n) is 34.7. The van der Waals surface area contributed by atoms with Crippen LogP contribution >= 0.6 is 0 Å². The number of urea groups is 1. The summed E-state index contributed by atoms with van der Waals surface area (Å²) < 4.78 is 25.1. The second-order valence-corrected chi connectivity index (χ2v) is 16.9. The molecule has 4 aliphatic rings. The number of nitrogens with two attached hydrogens (primary N) is 3. The van der Waals surface area contributed by atoms with Gasteiger partial charge in [0.2, 0.25) is 5.91 Å². The standard InChI is InChI=1S/C45H55FN10O5/c1-28-23-56(42-35(28)20-33(22-50-42)55-17-13-40(58)51-44(55)60)32-6-5-16-52(25-32)27-45(46)14-18-53(19-15-45)43(59)31-11-9-30(10-12-31)39-26-54(24-29(2)61-39)37(41(48)49)21-36(47)34-7-3-4-8-38(34)57/h3-4,7-12,20-23,29,32,39,57H,5-6,13-19,24-27,47-49H2,1-2H3,(H,51,58,60)/b36-21-. The Morgan fingerprint density at radius 2 is 1.77 bits per heavy atom. The number of halogens is 1. The van der Waals surface area contributed by atoms with Gasteiger partial charge in [0.15, 0.2) is 0 Å². The van der Waals surface area contributed by atoms with E-state index in [1.54, 1.807) is 53.6 Å². The molecule has 6 heterocycles. The van der Waals surface area contributed by atoms with Crippen molar-refractivity contribution in [3.05, 3.63) is 107 Å². The van der Waals surface area contributed by atoms with E-state index >= 15 is 4.39 Å². The Bertz CT molecular complexity index is 2370. The summed E-state index contributed by atoms with van der Waals surface area (Å²) >= 11 is 0. The monoisotopic (exact) mass is 834 g/mol. The predicted octanol–water partition coefficient (Wildman–Crippen LogP) is 4.63. The molecule has 8 N–H and O–H groups in total. The Morgan fingerprint density at radius 1 is 1.02 bits per heavy atom. The van der Waals surface area contributed by atoms with E-state index in [9.17, 15) is 19.5 Å². The summed E-state index contributed by atoms with van der Waals surface area (Å²) in [6, 6.07) is 15.8. The highest BCUT2D eigenvalue weighted by Crippen LogP contribution is 2.35. The third-order valence-corrected chi connectivity index (χ3v) is 12.5. The number of rotatable bonds is 9. The smallest absolute Gasteiger partial charge is 0.328 e. The molecule has 16 heteroatoms. The number of pyridine rings is 1. The minimum absolute atomic E-state index is 0.0517. The summed E-state index contributed by atoms with van der Waals surface area (Å²) in [5, 5.41) is 13.6. The van der Waals surface area contributed by atoms with Crippen LogP contribution in [0.4, 0.5) is 14.9 Å². The first-order valence-corrected chi connectivity index (χ1v) is 21.1. The average molecular weight is 835 g/mol. The van der Waals surface area contributed by atoms with Crippen molar-refractivity contribution in [3.8, 4) is 5.75 Å². The number of hydrogen-bond donors (Lipinski definition) is 5. The van der Waals surface area contributed by atoms with Crippen molar-refractivity contribution < 1.29 is 28.6 Å². The van der Waals surface area contributed by atoms with E-state index in [-0.39, 0.29) is 60.9 Å². The van der Waals surface area contributed by atoms with Crippen LogP contribution in [0.1, 0.15) is 78.2 Å². The van der Waals surface area contributed by atoms with E-state index in [1.165, 1.54) is 4.90 Å². The van der Waals surface area contributed by atoms with Crippen molar-refractivity contribution in [3.63, 3.8) is 0 Å². The van der Waals surface area contributed by atoms with Gasteiger partial charge in [-0.1, -0.05) is 24.3 Å². The summed E-state index contributed by atoms with van der Waals surface area (Å²) in [5.41, 5.74) is 22.5. The fourth-order valence-corrected chi connectivity index (χ4v) is 9.24. The molecular formula is C45H55FN10O5. The number of phenols is 1. The Kier molecular flexibility index (Phi) is 11.7. The molecule has 4 aliphatic heterocycles. The molecule has 15 nitrogen and oxygen atoms in total. The highest BCUT2D eigenvalue weighted by atomic mass is 19.1. The molecule has 8 rings (SSSR count). The number of imide groups is 1. The molecule has 2 aromatic heterocycles. The van der Waals surface area contributed by atoms with Crippen molar-refractivity contribution in [2.75, 3.05) is 57.3 Å². The molecule has 61 heavy (non-hydrogen) atoms. The van der Waals surface area contributed by atoms with Gasteiger partial charge in [0.05, 0.1) is 23.7 Å². The summed E-state index contributed by atoms with van der Waals surface area (Å²) in [6.45, 7) is 7.70. The number of para-hydroxylation sites is 1. The molecule has 0 bridgehead atoms. The molecule has 322 valence electrons. The second kappa shape index (κ2) is 17.1. The Labute approximate surface area is 354 Å². The van der Waals surface area contributed by atoms with E-state index in [0.717, 1.165) is 41.5 Å². The van der Waals surface area contributed by atoms with Gasteiger partial charge in [-0.2, -0.15) is 0 Å². The highest BCUT2D eigenvalue weighted by molar-refractivity contribution is 6.06. The minimum Gasteiger partial charge on any atom is -0.507 e. The lowest BCUT2D eigenvalue weighted by atomic mass is 9.91. The summed E-state index contributed by atoms with van der Waals surface area (Å²) in [5.74, 6) is -0.266. The number of likely N-dealkylation sites (tertiary alicyclic amines) is 2. The van der Waals surface area contributed by atoms with Crippen LogP contribution in [-0.4, -0.2) is 111 Å². The number of fused-ring (bicyclic) bond motifs is 1. The fraction of sp³-hybridized carbons (Fsp3) is 0.422. The van der Waals surface area contributed by atoms with Crippen molar-refractivity contribution in [1.29, 1.82) is 0 Å². The average Bonchev–Trinajstić information content (AvgIpc) is 3.57. The van der Waals surface area contributed by atoms with Crippen molar-refractivity contribution in [2.45, 2.75) is 69.9 Å². The number of aromatic hydroxyl groups is 1. The van der Waals surface area contributed by atoms with Crippen LogP contribution in [0.3, 0.4) is 0 Å². The first-order valence-electron chi connectivity index (χ1n) is 21.1. The van der Waals surface area contributed by atoms with Crippen molar-refractivity contribution in [2.24, 2.45) is 17.2 Å². The number of hydrogen-bond acceptors (Lipinski definition) is 11. The maximum atomic E-state index is 16.5. The lowest BCUT2D eigenvalue weighted by Gasteiger charge is -2.41. The first kappa shape index (κ1) is 41.6. The van der Waals surface area contributed by atoms with E-state index in [4.69, 9.17) is 26.9 Å². The van der Waals surface area contributed by atoms with Gasteiger partial charge in [-0.15, -0.1) is 0 Å². The Hall–Kier alpha value is -6.13. The molecule has 4 aromatic rings. The summed E-state index contributed by atoms with van der Waals surface area (Å²) in [7, 11) is 0. The van der Waals surface area contributed by atoms with Gasteiger partial charge in [0, 0.05) is 99.5 Å². The molecule has 4 fully saturated rings. The largest absolute Gasteiger partial charge is 0.507 e. The van der Waals surface area contributed by atoms with Crippen molar-refractivity contribution in [1.82, 2.24) is 29.6 Å². The van der Waals surface area contributed by atoms with Gasteiger partial charge in [-0.3, -0.25) is 24.7 Å². The minimum atomic E-state index is -1.41. The van der Waals surface area contributed by atoms with E-state index in [1.807, 2.05) is 36.9 Å². The van der Waals surface area contributed by atoms with Crippen molar-refractivity contribution >= 4 is 40.3 Å². The zero-order valence-corrected chi connectivity index (χ0v) is 34.7. The molecule has 0 spiro atoms. The number of carbonyl (C=O) groups excluding carboxylic acids is 3. The number of phenolic OH excluding ortho intramolecular Hbond substituents is 1. The normalized spacial score (nSPS) is 22.6. The number of allylic oxidation sites excluding steroid dienone is 1. The number of morpholine rings is 1. The quantitative estimate of drug-likeness (QED) is 0.147. The van der Waals surface area contributed by atoms with Gasteiger partial charge in [0.25, 0.3) is 5.91 Å². The lowest BCUT2D eigenvalue weighted by molar-refractivity contribution is -0.120. The molecule has 2 aromatic carbocycles.